The lowest BCUT2D eigenvalue weighted by molar-refractivity contribution is -0.167. The quantitative estimate of drug-likeness (QED) is 0.0261. The monoisotopic (exact) mass is 989 g/mol. The van der Waals surface area contributed by atoms with Crippen LogP contribution in [0.25, 0.3) is 0 Å². The van der Waals surface area contributed by atoms with Crippen molar-refractivity contribution in [2.45, 2.75) is 297 Å². The summed E-state index contributed by atoms with van der Waals surface area (Å²) >= 11 is 0. The Morgan fingerprint density at radius 1 is 0.296 bits per heavy atom. The van der Waals surface area contributed by atoms with Gasteiger partial charge in [-0.3, -0.25) is 14.4 Å². The molecule has 408 valence electrons. The van der Waals surface area contributed by atoms with Gasteiger partial charge in [-0.05, 0) is 116 Å². The molecule has 0 radical (unpaired) electrons. The topological polar surface area (TPSA) is 78.9 Å². The normalized spacial score (nSPS) is 12.7. The van der Waals surface area contributed by atoms with Crippen LogP contribution in [0.2, 0.25) is 0 Å². The number of unbranched alkanes of at least 4 members (excludes halogenated alkanes) is 29. The SMILES string of the molecule is CC/C=C\C/C=C\C/C=C\C/C=C\CCCCCCCCCCCCC(=O)OCC(COC(=O)CCCCCCC/C=C\CCCCC)OC(=O)CCCCCCCCC/C=C\C/C=C\CCCCCC. The Hall–Kier alpha value is -3.41. The van der Waals surface area contributed by atoms with Crippen molar-refractivity contribution in [3.8, 4) is 0 Å². The highest BCUT2D eigenvalue weighted by Crippen LogP contribution is 2.15. The minimum Gasteiger partial charge on any atom is -0.462 e. The zero-order chi connectivity index (χ0) is 51.4. The van der Waals surface area contributed by atoms with E-state index in [0.717, 1.165) is 103 Å². The Morgan fingerprint density at radius 2 is 0.549 bits per heavy atom. The van der Waals surface area contributed by atoms with Gasteiger partial charge in [0.05, 0.1) is 0 Å². The van der Waals surface area contributed by atoms with Gasteiger partial charge in [0, 0.05) is 19.3 Å². The summed E-state index contributed by atoms with van der Waals surface area (Å²) in [7, 11) is 0. The first kappa shape index (κ1) is 67.6. The van der Waals surface area contributed by atoms with Gasteiger partial charge in [-0.1, -0.05) is 241 Å². The van der Waals surface area contributed by atoms with E-state index in [1.165, 1.54) is 148 Å². The molecule has 1 atom stereocenters. The maximum Gasteiger partial charge on any atom is 0.306 e. The number of hydrogen-bond donors (Lipinski definition) is 0. The van der Waals surface area contributed by atoms with E-state index in [4.69, 9.17) is 14.2 Å². The number of allylic oxidation sites excluding steroid dienone is 14. The van der Waals surface area contributed by atoms with Crippen LogP contribution in [-0.2, 0) is 28.6 Å². The molecule has 0 aliphatic carbocycles. The van der Waals surface area contributed by atoms with Crippen LogP contribution < -0.4 is 0 Å². The van der Waals surface area contributed by atoms with Gasteiger partial charge in [0.15, 0.2) is 6.10 Å². The fourth-order valence-corrected chi connectivity index (χ4v) is 8.34. The van der Waals surface area contributed by atoms with E-state index in [9.17, 15) is 14.4 Å². The molecule has 0 aromatic heterocycles. The molecular formula is C65H112O6. The molecule has 0 aliphatic heterocycles. The highest BCUT2D eigenvalue weighted by molar-refractivity contribution is 5.71. The molecule has 0 aromatic rings. The maximum absolute atomic E-state index is 12.9. The van der Waals surface area contributed by atoms with E-state index in [-0.39, 0.29) is 31.1 Å². The van der Waals surface area contributed by atoms with E-state index >= 15 is 0 Å². The number of carbonyl (C=O) groups is 3. The predicted octanol–water partition coefficient (Wildman–Crippen LogP) is 20.3. The minimum atomic E-state index is -0.786. The highest BCUT2D eigenvalue weighted by Gasteiger charge is 2.19. The number of hydrogen-bond acceptors (Lipinski definition) is 6. The minimum absolute atomic E-state index is 0.0840. The van der Waals surface area contributed by atoms with E-state index in [1.807, 2.05) is 0 Å². The first-order valence-corrected chi connectivity index (χ1v) is 30.1. The Balaban J connectivity index is 4.34. The van der Waals surface area contributed by atoms with Crippen LogP contribution in [-0.4, -0.2) is 37.2 Å². The molecule has 71 heavy (non-hydrogen) atoms. The molecule has 0 bridgehead atoms. The lowest BCUT2D eigenvalue weighted by atomic mass is 10.1. The van der Waals surface area contributed by atoms with Gasteiger partial charge in [0.2, 0.25) is 0 Å². The van der Waals surface area contributed by atoms with Gasteiger partial charge in [0.1, 0.15) is 13.2 Å². The number of esters is 3. The molecule has 0 amide bonds. The third kappa shape index (κ3) is 57.4. The van der Waals surface area contributed by atoms with E-state index in [2.05, 4.69) is 106 Å². The van der Waals surface area contributed by atoms with Crippen molar-refractivity contribution >= 4 is 17.9 Å². The van der Waals surface area contributed by atoms with Gasteiger partial charge in [0.25, 0.3) is 0 Å². The highest BCUT2D eigenvalue weighted by atomic mass is 16.6. The lowest BCUT2D eigenvalue weighted by Gasteiger charge is -2.18. The zero-order valence-electron chi connectivity index (χ0n) is 46.7. The van der Waals surface area contributed by atoms with Crippen molar-refractivity contribution in [1.29, 1.82) is 0 Å². The molecule has 0 saturated heterocycles. The maximum atomic E-state index is 12.9. The number of rotatable bonds is 54. The molecule has 0 aromatic carbocycles. The van der Waals surface area contributed by atoms with Crippen LogP contribution in [0, 0.1) is 0 Å². The summed E-state index contributed by atoms with van der Waals surface area (Å²) in [5, 5.41) is 0. The summed E-state index contributed by atoms with van der Waals surface area (Å²) < 4.78 is 16.9. The first-order valence-electron chi connectivity index (χ1n) is 30.1. The van der Waals surface area contributed by atoms with Crippen LogP contribution >= 0.6 is 0 Å². The first-order chi connectivity index (χ1) is 35.0. The molecule has 0 rings (SSSR count). The summed E-state index contributed by atoms with van der Waals surface area (Å²) in [6, 6.07) is 0. The average Bonchev–Trinajstić information content (AvgIpc) is 3.37. The lowest BCUT2D eigenvalue weighted by Crippen LogP contribution is -2.30. The van der Waals surface area contributed by atoms with Crippen molar-refractivity contribution < 1.29 is 28.6 Å². The zero-order valence-corrected chi connectivity index (χ0v) is 46.7. The third-order valence-corrected chi connectivity index (χ3v) is 12.9. The van der Waals surface area contributed by atoms with Gasteiger partial charge >= 0.3 is 17.9 Å². The fourth-order valence-electron chi connectivity index (χ4n) is 8.34. The van der Waals surface area contributed by atoms with Gasteiger partial charge in [-0.2, -0.15) is 0 Å². The molecule has 0 fully saturated rings. The Morgan fingerprint density at radius 3 is 0.901 bits per heavy atom. The Kier molecular flexibility index (Phi) is 56.3. The van der Waals surface area contributed by atoms with E-state index in [0.29, 0.717) is 19.3 Å². The molecule has 0 spiro atoms. The average molecular weight is 990 g/mol. The predicted molar refractivity (Wildman–Crippen MR) is 307 cm³/mol. The van der Waals surface area contributed by atoms with Crippen molar-refractivity contribution in [2.24, 2.45) is 0 Å². The number of carbonyl (C=O) groups excluding carboxylic acids is 3. The van der Waals surface area contributed by atoms with Crippen molar-refractivity contribution in [3.63, 3.8) is 0 Å². The Bertz CT molecular complexity index is 1370. The second-order valence-corrected chi connectivity index (χ2v) is 19.9. The standard InChI is InChI=1S/C65H112O6/c1-4-7-10-13-16-19-22-25-27-29-31-32-33-34-35-37-38-40-43-46-49-52-55-58-64(67)70-61-62(60-69-63(66)57-54-51-48-45-42-24-21-18-15-12-9-6-3)71-65(68)59-56-53-50-47-44-41-39-36-30-28-26-23-20-17-14-11-8-5-2/h7,10,16,18-21,23,25,27-28,30-32,62H,4-6,8-9,11-15,17,22,24,26,29,33-61H2,1-3H3/b10-7-,19-16-,21-18-,23-20-,27-25-,30-28-,32-31-. The molecule has 6 heteroatoms. The Labute approximate surface area is 439 Å². The van der Waals surface area contributed by atoms with Gasteiger partial charge in [-0.15, -0.1) is 0 Å². The summed E-state index contributed by atoms with van der Waals surface area (Å²) in [4.78, 5) is 38.2. The van der Waals surface area contributed by atoms with Gasteiger partial charge in [-0.25, -0.2) is 0 Å². The largest absolute Gasteiger partial charge is 0.462 e. The van der Waals surface area contributed by atoms with Crippen molar-refractivity contribution in [1.82, 2.24) is 0 Å². The molecule has 0 aliphatic rings. The summed E-state index contributed by atoms with van der Waals surface area (Å²) in [6.07, 6.45) is 77.2. The second kappa shape index (κ2) is 59.2. The van der Waals surface area contributed by atoms with Crippen LogP contribution in [0.15, 0.2) is 85.1 Å². The van der Waals surface area contributed by atoms with Crippen LogP contribution in [0.5, 0.6) is 0 Å². The smallest absolute Gasteiger partial charge is 0.306 e. The molecule has 0 saturated carbocycles. The van der Waals surface area contributed by atoms with Crippen LogP contribution in [0.1, 0.15) is 290 Å². The summed E-state index contributed by atoms with van der Waals surface area (Å²) in [6.45, 7) is 6.49. The van der Waals surface area contributed by atoms with Crippen molar-refractivity contribution in [3.05, 3.63) is 85.1 Å². The molecule has 1 unspecified atom stereocenters. The van der Waals surface area contributed by atoms with Crippen LogP contribution in [0.4, 0.5) is 0 Å². The van der Waals surface area contributed by atoms with Gasteiger partial charge < -0.3 is 14.2 Å². The fraction of sp³-hybridized carbons (Fsp3) is 0.738. The third-order valence-electron chi connectivity index (χ3n) is 12.9. The summed E-state index contributed by atoms with van der Waals surface area (Å²) in [5.74, 6) is -0.897. The summed E-state index contributed by atoms with van der Waals surface area (Å²) in [5.41, 5.74) is 0. The van der Waals surface area contributed by atoms with E-state index in [1.54, 1.807) is 0 Å². The van der Waals surface area contributed by atoms with Crippen LogP contribution in [0.3, 0.4) is 0 Å². The molecule has 6 nitrogen and oxygen atoms in total. The van der Waals surface area contributed by atoms with E-state index < -0.39 is 6.10 Å². The van der Waals surface area contributed by atoms with Crippen molar-refractivity contribution in [2.75, 3.05) is 13.2 Å². The molecule has 0 heterocycles. The second-order valence-electron chi connectivity index (χ2n) is 19.9. The molecular weight excluding hydrogens is 877 g/mol. The molecule has 0 N–H and O–H groups in total. The number of ether oxygens (including phenoxy) is 3.